The van der Waals surface area contributed by atoms with Gasteiger partial charge in [-0.1, -0.05) is 15.9 Å². The number of nitrogens with zero attached hydrogens (tertiary/aromatic N) is 2. The lowest BCUT2D eigenvalue weighted by atomic mass is 9.89. The monoisotopic (exact) mass is 335 g/mol. The first-order valence-electron chi connectivity index (χ1n) is 6.11. The van der Waals surface area contributed by atoms with Crippen molar-refractivity contribution in [3.05, 3.63) is 12.3 Å². The molecule has 1 aromatic heterocycles. The van der Waals surface area contributed by atoms with E-state index in [4.69, 9.17) is 0 Å². The van der Waals surface area contributed by atoms with Gasteiger partial charge in [0.1, 0.15) is 0 Å². The maximum Gasteiger partial charge on any atom is 0.257 e. The molecule has 2 rings (SSSR count). The van der Waals surface area contributed by atoms with Crippen LogP contribution in [-0.2, 0) is 17.1 Å². The molecule has 0 atom stereocenters. The van der Waals surface area contributed by atoms with Gasteiger partial charge in [-0.05, 0) is 37.7 Å². The van der Waals surface area contributed by atoms with Crippen molar-refractivity contribution in [2.45, 2.75) is 35.5 Å². The van der Waals surface area contributed by atoms with Gasteiger partial charge in [-0.3, -0.25) is 4.68 Å². The second-order valence-electron chi connectivity index (χ2n) is 4.76. The van der Waals surface area contributed by atoms with E-state index < -0.39 is 10.0 Å². The Kier molecular flexibility index (Phi) is 4.45. The van der Waals surface area contributed by atoms with Gasteiger partial charge in [0.2, 0.25) is 0 Å². The molecule has 0 aliphatic heterocycles. The molecule has 0 saturated heterocycles. The highest BCUT2D eigenvalue weighted by Gasteiger charge is 2.23. The van der Waals surface area contributed by atoms with E-state index in [1.54, 1.807) is 7.05 Å². The molecular weight excluding hydrogens is 318 g/mol. The smallest absolute Gasteiger partial charge is 0.256 e. The minimum absolute atomic E-state index is 0.219. The first kappa shape index (κ1) is 14.0. The minimum Gasteiger partial charge on any atom is -0.256 e. The first-order chi connectivity index (χ1) is 8.49. The summed E-state index contributed by atoms with van der Waals surface area (Å²) in [5.41, 5.74) is 0. The van der Waals surface area contributed by atoms with Gasteiger partial charge in [0, 0.05) is 18.4 Å². The quantitative estimate of drug-likeness (QED) is 0.851. The number of hydrogen-bond acceptors (Lipinski definition) is 3. The van der Waals surface area contributed by atoms with E-state index in [-0.39, 0.29) is 5.03 Å². The molecule has 0 spiro atoms. The largest absolute Gasteiger partial charge is 0.257 e. The van der Waals surface area contributed by atoms with Gasteiger partial charge in [0.05, 0.1) is 6.20 Å². The third-order valence-corrected chi connectivity index (χ3v) is 5.80. The fourth-order valence-corrected chi connectivity index (χ4v) is 4.02. The van der Waals surface area contributed by atoms with Crippen LogP contribution in [0.4, 0.5) is 0 Å². The Hall–Kier alpha value is -0.400. The fourth-order valence-electron chi connectivity index (χ4n) is 2.25. The van der Waals surface area contributed by atoms with Crippen molar-refractivity contribution in [1.29, 1.82) is 0 Å². The van der Waals surface area contributed by atoms with E-state index in [0.717, 1.165) is 25.7 Å². The predicted molar refractivity (Wildman–Crippen MR) is 73.1 cm³/mol. The topological polar surface area (TPSA) is 64.0 Å². The van der Waals surface area contributed by atoms with Crippen LogP contribution >= 0.6 is 15.9 Å². The Morgan fingerprint density at radius 2 is 2.11 bits per heavy atom. The van der Waals surface area contributed by atoms with Gasteiger partial charge in [-0.25, -0.2) is 13.1 Å². The maximum absolute atomic E-state index is 12.0. The molecule has 5 nitrogen and oxygen atoms in total. The second kappa shape index (κ2) is 5.71. The van der Waals surface area contributed by atoms with Gasteiger partial charge >= 0.3 is 0 Å². The molecule has 1 aliphatic rings. The van der Waals surface area contributed by atoms with Gasteiger partial charge in [0.15, 0.2) is 5.03 Å². The number of sulfonamides is 1. The molecule has 0 unspecified atom stereocenters. The van der Waals surface area contributed by atoms with Gasteiger partial charge in [-0.2, -0.15) is 5.10 Å². The summed E-state index contributed by atoms with van der Waals surface area (Å²) in [5, 5.41) is 4.10. The molecule has 1 fully saturated rings. The average Bonchev–Trinajstić information content (AvgIpc) is 2.76. The molecule has 1 saturated carbocycles. The van der Waals surface area contributed by atoms with Gasteiger partial charge in [0.25, 0.3) is 10.0 Å². The number of hydrogen-bond donors (Lipinski definition) is 1. The molecule has 1 aliphatic carbocycles. The first-order valence-corrected chi connectivity index (χ1v) is 8.50. The van der Waals surface area contributed by atoms with Crippen LogP contribution in [-0.4, -0.2) is 29.6 Å². The summed E-state index contributed by atoms with van der Waals surface area (Å²) in [5.74, 6) is 0.446. The van der Waals surface area contributed by atoms with Crippen LogP contribution in [0.3, 0.4) is 0 Å². The van der Waals surface area contributed by atoms with E-state index >= 15 is 0 Å². The van der Waals surface area contributed by atoms with Gasteiger partial charge in [-0.15, -0.1) is 0 Å². The highest BCUT2D eigenvalue weighted by Crippen LogP contribution is 2.28. The van der Waals surface area contributed by atoms with E-state index in [2.05, 4.69) is 25.8 Å². The van der Waals surface area contributed by atoms with Crippen molar-refractivity contribution in [1.82, 2.24) is 14.5 Å². The lowest BCUT2D eigenvalue weighted by Crippen LogP contribution is -2.32. The summed E-state index contributed by atoms with van der Waals surface area (Å²) < 4.78 is 28.1. The summed E-state index contributed by atoms with van der Waals surface area (Å²) in [7, 11) is -1.79. The standard InChI is InChI=1S/C11H18BrN3O2S/c1-15-11(6-7-13-15)18(16,17)14-8-9-2-4-10(12)5-3-9/h6-7,9-10,14H,2-5,8H2,1H3. The molecule has 0 amide bonds. The van der Waals surface area contributed by atoms with Crippen LogP contribution in [0.2, 0.25) is 0 Å². The normalized spacial score (nSPS) is 25.2. The SMILES string of the molecule is Cn1nccc1S(=O)(=O)NCC1CCC(Br)CC1. The van der Waals surface area contributed by atoms with Crippen LogP contribution in [0.1, 0.15) is 25.7 Å². The molecule has 1 aromatic rings. The minimum atomic E-state index is -3.42. The lowest BCUT2D eigenvalue weighted by molar-refractivity contribution is 0.366. The highest BCUT2D eigenvalue weighted by atomic mass is 79.9. The number of aromatic nitrogens is 2. The molecule has 0 aromatic carbocycles. The van der Waals surface area contributed by atoms with E-state index in [1.807, 2.05) is 0 Å². The van der Waals surface area contributed by atoms with Crippen molar-refractivity contribution in [3.63, 3.8) is 0 Å². The average molecular weight is 336 g/mol. The summed E-state index contributed by atoms with van der Waals surface area (Å²) in [4.78, 5) is 0.599. The molecular formula is C11H18BrN3O2S. The summed E-state index contributed by atoms with van der Waals surface area (Å²) >= 11 is 3.60. The molecule has 7 heteroatoms. The summed E-state index contributed by atoms with van der Waals surface area (Å²) in [6, 6.07) is 1.51. The Balaban J connectivity index is 1.92. The maximum atomic E-state index is 12.0. The molecule has 18 heavy (non-hydrogen) atoms. The van der Waals surface area contributed by atoms with Crippen molar-refractivity contribution >= 4 is 26.0 Å². The summed E-state index contributed by atoms with van der Waals surface area (Å²) in [6.45, 7) is 0.521. The Labute approximate surface area is 116 Å². The van der Waals surface area contributed by atoms with Crippen LogP contribution in [0.5, 0.6) is 0 Å². The molecule has 1 heterocycles. The molecule has 0 bridgehead atoms. The van der Waals surface area contributed by atoms with Crippen LogP contribution < -0.4 is 4.72 Å². The molecule has 0 radical (unpaired) electrons. The van der Waals surface area contributed by atoms with Crippen LogP contribution in [0.25, 0.3) is 0 Å². The zero-order valence-corrected chi connectivity index (χ0v) is 12.7. The Bertz CT molecular complexity index is 492. The van der Waals surface area contributed by atoms with E-state index in [1.165, 1.54) is 16.9 Å². The van der Waals surface area contributed by atoms with E-state index in [0.29, 0.717) is 17.3 Å². The lowest BCUT2D eigenvalue weighted by Gasteiger charge is -2.25. The third-order valence-electron chi connectivity index (χ3n) is 3.39. The highest BCUT2D eigenvalue weighted by molar-refractivity contribution is 9.09. The number of aryl methyl sites for hydroxylation is 1. The van der Waals surface area contributed by atoms with Crippen molar-refractivity contribution < 1.29 is 8.42 Å². The van der Waals surface area contributed by atoms with E-state index in [9.17, 15) is 8.42 Å². The second-order valence-corrected chi connectivity index (χ2v) is 7.77. The molecule has 102 valence electrons. The predicted octanol–water partition coefficient (Wildman–Crippen LogP) is 1.65. The van der Waals surface area contributed by atoms with Crippen molar-refractivity contribution in [3.8, 4) is 0 Å². The van der Waals surface area contributed by atoms with Crippen molar-refractivity contribution in [2.75, 3.05) is 6.54 Å². The summed E-state index contributed by atoms with van der Waals surface area (Å²) in [6.07, 6.45) is 5.88. The van der Waals surface area contributed by atoms with Crippen molar-refractivity contribution in [2.24, 2.45) is 13.0 Å². The number of rotatable bonds is 4. The van der Waals surface area contributed by atoms with Gasteiger partial charge < -0.3 is 0 Å². The number of nitrogens with one attached hydrogen (secondary N) is 1. The van der Waals surface area contributed by atoms with Crippen LogP contribution in [0.15, 0.2) is 17.3 Å². The zero-order chi connectivity index (χ0) is 13.2. The van der Waals surface area contributed by atoms with Crippen LogP contribution in [0, 0.1) is 5.92 Å². The number of alkyl halides is 1. The fraction of sp³-hybridized carbons (Fsp3) is 0.727. The molecule has 1 N–H and O–H groups in total. The zero-order valence-electron chi connectivity index (χ0n) is 10.3. The third kappa shape index (κ3) is 3.33. The Morgan fingerprint density at radius 1 is 1.44 bits per heavy atom. The number of halogens is 1. The Morgan fingerprint density at radius 3 is 2.67 bits per heavy atom.